The van der Waals surface area contributed by atoms with Crippen molar-refractivity contribution in [2.75, 3.05) is 11.9 Å². The van der Waals surface area contributed by atoms with Crippen molar-refractivity contribution < 1.29 is 23.5 Å². The molecule has 0 radical (unpaired) electrons. The van der Waals surface area contributed by atoms with Crippen LogP contribution >= 0.6 is 0 Å². The summed E-state index contributed by atoms with van der Waals surface area (Å²) >= 11 is 0. The average molecular weight is 358 g/mol. The van der Waals surface area contributed by atoms with Crippen LogP contribution in [0.15, 0.2) is 53.6 Å². The molecule has 0 aliphatic rings. The number of carbonyl (C=O) groups excluding carboxylic acids is 3. The molecular formula is C17H15FN4O4. The molecule has 9 heteroatoms. The van der Waals surface area contributed by atoms with Crippen LogP contribution in [0.2, 0.25) is 0 Å². The van der Waals surface area contributed by atoms with Gasteiger partial charge in [0.15, 0.2) is 6.61 Å². The van der Waals surface area contributed by atoms with E-state index in [-0.39, 0.29) is 12.3 Å². The number of nitrogens with two attached hydrogens (primary N) is 1. The summed E-state index contributed by atoms with van der Waals surface area (Å²) < 4.78 is 18.0. The Kier molecular flexibility index (Phi) is 6.38. The van der Waals surface area contributed by atoms with Crippen molar-refractivity contribution in [2.24, 2.45) is 10.8 Å². The van der Waals surface area contributed by atoms with Crippen LogP contribution in [-0.2, 0) is 14.4 Å². The fourth-order valence-corrected chi connectivity index (χ4v) is 1.80. The van der Waals surface area contributed by atoms with Crippen LogP contribution in [0.3, 0.4) is 0 Å². The third-order valence-corrected chi connectivity index (χ3v) is 2.97. The minimum atomic E-state index is -1.01. The van der Waals surface area contributed by atoms with Crippen LogP contribution in [0.4, 0.5) is 10.1 Å². The number of halogens is 1. The van der Waals surface area contributed by atoms with Gasteiger partial charge in [-0.2, -0.15) is 5.10 Å². The number of primary amides is 1. The van der Waals surface area contributed by atoms with Crippen LogP contribution in [-0.4, -0.2) is 30.5 Å². The Morgan fingerprint density at radius 1 is 1.08 bits per heavy atom. The van der Waals surface area contributed by atoms with Gasteiger partial charge < -0.3 is 15.8 Å². The molecule has 0 unspecified atom stereocenters. The number of ether oxygens (including phenoxy) is 1. The van der Waals surface area contributed by atoms with Gasteiger partial charge in [0.1, 0.15) is 11.6 Å². The minimum absolute atomic E-state index is 0.265. The number of para-hydroxylation sites is 1. The molecule has 0 fully saturated rings. The molecule has 134 valence electrons. The molecular weight excluding hydrogens is 343 g/mol. The topological polar surface area (TPSA) is 123 Å². The highest BCUT2D eigenvalue weighted by molar-refractivity contribution is 6.39. The Morgan fingerprint density at radius 2 is 1.77 bits per heavy atom. The first-order chi connectivity index (χ1) is 12.5. The molecule has 0 spiro atoms. The monoisotopic (exact) mass is 358 g/mol. The summed E-state index contributed by atoms with van der Waals surface area (Å²) in [6, 6.07) is 11.5. The average Bonchev–Trinajstić information content (AvgIpc) is 2.62. The SMILES string of the molecule is NC(=O)COc1ccccc1/C=N\NC(=O)C(=O)Nc1ccc(F)cc1. The zero-order valence-electron chi connectivity index (χ0n) is 13.4. The maximum absolute atomic E-state index is 12.8. The van der Waals surface area contributed by atoms with Gasteiger partial charge in [-0.3, -0.25) is 14.4 Å². The van der Waals surface area contributed by atoms with Gasteiger partial charge in [0, 0.05) is 11.3 Å². The first-order valence-electron chi connectivity index (χ1n) is 7.36. The Labute approximate surface area is 147 Å². The van der Waals surface area contributed by atoms with Gasteiger partial charge in [0.2, 0.25) is 0 Å². The highest BCUT2D eigenvalue weighted by Gasteiger charge is 2.13. The number of rotatable bonds is 6. The lowest BCUT2D eigenvalue weighted by atomic mass is 10.2. The van der Waals surface area contributed by atoms with Crippen molar-refractivity contribution in [1.82, 2.24) is 5.43 Å². The number of hydrogen-bond acceptors (Lipinski definition) is 5. The Bertz CT molecular complexity index is 837. The summed E-state index contributed by atoms with van der Waals surface area (Å²) in [6.07, 6.45) is 1.25. The zero-order chi connectivity index (χ0) is 18.9. The summed E-state index contributed by atoms with van der Waals surface area (Å²) in [5.41, 5.74) is 7.80. The predicted molar refractivity (Wildman–Crippen MR) is 91.9 cm³/mol. The maximum atomic E-state index is 12.8. The van der Waals surface area contributed by atoms with Gasteiger partial charge >= 0.3 is 11.8 Å². The van der Waals surface area contributed by atoms with Crippen molar-refractivity contribution in [3.05, 3.63) is 59.9 Å². The fraction of sp³-hybridized carbons (Fsp3) is 0.0588. The maximum Gasteiger partial charge on any atom is 0.329 e. The number of amides is 3. The van der Waals surface area contributed by atoms with E-state index in [0.29, 0.717) is 11.3 Å². The number of carbonyl (C=O) groups is 3. The van der Waals surface area contributed by atoms with E-state index < -0.39 is 23.5 Å². The van der Waals surface area contributed by atoms with Crippen LogP contribution in [0, 0.1) is 5.82 Å². The Hall–Kier alpha value is -3.75. The van der Waals surface area contributed by atoms with Crippen LogP contribution in [0.1, 0.15) is 5.56 Å². The largest absolute Gasteiger partial charge is 0.483 e. The van der Waals surface area contributed by atoms with Gasteiger partial charge in [-0.05, 0) is 36.4 Å². The molecule has 0 aliphatic heterocycles. The normalized spacial score (nSPS) is 10.3. The molecule has 2 aromatic carbocycles. The third-order valence-electron chi connectivity index (χ3n) is 2.97. The summed E-state index contributed by atoms with van der Waals surface area (Å²) in [7, 11) is 0. The number of hydrogen-bond donors (Lipinski definition) is 3. The highest BCUT2D eigenvalue weighted by atomic mass is 19.1. The van der Waals surface area contributed by atoms with E-state index in [2.05, 4.69) is 15.8 Å². The number of anilines is 1. The molecule has 2 rings (SSSR count). The van der Waals surface area contributed by atoms with Crippen molar-refractivity contribution in [3.63, 3.8) is 0 Å². The number of hydrazone groups is 1. The quantitative estimate of drug-likeness (QED) is 0.401. The second kappa shape index (κ2) is 8.92. The first-order valence-corrected chi connectivity index (χ1v) is 7.36. The van der Waals surface area contributed by atoms with Crippen LogP contribution in [0.5, 0.6) is 5.75 Å². The van der Waals surface area contributed by atoms with E-state index in [1.165, 1.54) is 18.3 Å². The number of nitrogens with one attached hydrogen (secondary N) is 2. The van der Waals surface area contributed by atoms with Gasteiger partial charge in [-0.1, -0.05) is 12.1 Å². The van der Waals surface area contributed by atoms with Crippen molar-refractivity contribution in [3.8, 4) is 5.75 Å². The lowest BCUT2D eigenvalue weighted by Crippen LogP contribution is -2.32. The lowest BCUT2D eigenvalue weighted by Gasteiger charge is -2.06. The fourth-order valence-electron chi connectivity index (χ4n) is 1.80. The molecule has 26 heavy (non-hydrogen) atoms. The second-order valence-corrected chi connectivity index (χ2v) is 4.95. The van der Waals surface area contributed by atoms with E-state index in [0.717, 1.165) is 12.1 Å². The zero-order valence-corrected chi connectivity index (χ0v) is 13.4. The predicted octanol–water partition coefficient (Wildman–Crippen LogP) is 0.779. The summed E-state index contributed by atoms with van der Waals surface area (Å²) in [5.74, 6) is -2.75. The lowest BCUT2D eigenvalue weighted by molar-refractivity contribution is -0.136. The minimum Gasteiger partial charge on any atom is -0.483 e. The van der Waals surface area contributed by atoms with Crippen LogP contribution in [0.25, 0.3) is 0 Å². The van der Waals surface area contributed by atoms with E-state index in [1.54, 1.807) is 24.3 Å². The Balaban J connectivity index is 1.93. The molecule has 0 aliphatic carbocycles. The molecule has 0 aromatic heterocycles. The van der Waals surface area contributed by atoms with Gasteiger partial charge in [0.25, 0.3) is 5.91 Å². The number of nitrogens with zero attached hydrogens (tertiary/aromatic N) is 1. The van der Waals surface area contributed by atoms with Crippen molar-refractivity contribution >= 4 is 29.6 Å². The molecule has 3 amide bonds. The first kappa shape index (κ1) is 18.6. The van der Waals surface area contributed by atoms with Gasteiger partial charge in [0.05, 0.1) is 6.21 Å². The molecule has 0 bridgehead atoms. The second-order valence-electron chi connectivity index (χ2n) is 4.95. The molecule has 8 nitrogen and oxygen atoms in total. The standard InChI is InChI=1S/C17H15FN4O4/c18-12-5-7-13(8-6-12)21-16(24)17(25)22-20-9-11-3-1-2-4-14(11)26-10-15(19)23/h1-9H,10H2,(H2,19,23)(H,21,24)(H,22,25)/b20-9-. The highest BCUT2D eigenvalue weighted by Crippen LogP contribution is 2.15. The van der Waals surface area contributed by atoms with E-state index in [1.807, 2.05) is 0 Å². The number of benzene rings is 2. The summed E-state index contributed by atoms with van der Waals surface area (Å²) in [4.78, 5) is 34.2. The Morgan fingerprint density at radius 3 is 2.46 bits per heavy atom. The van der Waals surface area contributed by atoms with E-state index in [4.69, 9.17) is 10.5 Å². The van der Waals surface area contributed by atoms with E-state index >= 15 is 0 Å². The molecule has 2 aromatic rings. The van der Waals surface area contributed by atoms with E-state index in [9.17, 15) is 18.8 Å². The molecule has 0 saturated heterocycles. The molecule has 0 saturated carbocycles. The smallest absolute Gasteiger partial charge is 0.329 e. The summed E-state index contributed by atoms with van der Waals surface area (Å²) in [6.45, 7) is -0.308. The van der Waals surface area contributed by atoms with Gasteiger partial charge in [-0.15, -0.1) is 0 Å². The third kappa shape index (κ3) is 5.71. The summed E-state index contributed by atoms with van der Waals surface area (Å²) in [5, 5.41) is 5.96. The van der Waals surface area contributed by atoms with Gasteiger partial charge in [-0.25, -0.2) is 9.82 Å². The van der Waals surface area contributed by atoms with Crippen LogP contribution < -0.4 is 21.2 Å². The van der Waals surface area contributed by atoms with Crippen molar-refractivity contribution in [1.29, 1.82) is 0 Å². The molecule has 4 N–H and O–H groups in total. The molecule has 0 heterocycles. The molecule has 0 atom stereocenters. The van der Waals surface area contributed by atoms with Crippen molar-refractivity contribution in [2.45, 2.75) is 0 Å².